The van der Waals surface area contributed by atoms with Crippen LogP contribution >= 0.6 is 23.4 Å². The number of rotatable bonds is 3. The molecule has 1 aromatic rings. The molecule has 0 radical (unpaired) electrons. The van der Waals surface area contributed by atoms with Crippen molar-refractivity contribution in [3.63, 3.8) is 0 Å². The molecule has 0 atom stereocenters. The quantitative estimate of drug-likeness (QED) is 0.620. The molecule has 0 aliphatic rings. The van der Waals surface area contributed by atoms with Gasteiger partial charge in [-0.1, -0.05) is 18.5 Å². The highest BCUT2D eigenvalue weighted by molar-refractivity contribution is 7.99. The largest absolute Gasteiger partial charge is 0.478 e. The van der Waals surface area contributed by atoms with E-state index >= 15 is 0 Å². The minimum atomic E-state index is -1.00. The van der Waals surface area contributed by atoms with Gasteiger partial charge in [0.1, 0.15) is 0 Å². The third-order valence-electron chi connectivity index (χ3n) is 1.59. The Morgan fingerprint density at radius 2 is 2.29 bits per heavy atom. The monoisotopic (exact) mass is 231 g/mol. The highest BCUT2D eigenvalue weighted by atomic mass is 35.5. The summed E-state index contributed by atoms with van der Waals surface area (Å²) < 4.78 is 0. The van der Waals surface area contributed by atoms with Gasteiger partial charge in [-0.25, -0.2) is 4.79 Å². The number of carboxylic acid groups (broad SMARTS) is 1. The number of carbonyl (C=O) groups is 1. The van der Waals surface area contributed by atoms with Gasteiger partial charge in [0.15, 0.2) is 0 Å². The lowest BCUT2D eigenvalue weighted by Gasteiger charge is -2.07. The Balaban J connectivity index is 3.28. The minimum Gasteiger partial charge on any atom is -0.478 e. The second-order valence-corrected chi connectivity index (χ2v) is 4.30. The van der Waals surface area contributed by atoms with Gasteiger partial charge in [-0.05, 0) is 17.9 Å². The van der Waals surface area contributed by atoms with Crippen molar-refractivity contribution in [3.05, 3.63) is 22.7 Å². The third kappa shape index (κ3) is 2.33. The summed E-state index contributed by atoms with van der Waals surface area (Å²) in [5, 5.41) is 9.31. The molecule has 0 saturated heterocycles. The van der Waals surface area contributed by atoms with Crippen LogP contribution in [0.3, 0.4) is 0 Å². The van der Waals surface area contributed by atoms with Crippen molar-refractivity contribution in [2.24, 2.45) is 0 Å². The Kier molecular flexibility index (Phi) is 3.66. The summed E-state index contributed by atoms with van der Waals surface area (Å²) >= 11 is 7.29. The predicted molar refractivity (Wildman–Crippen MR) is 59.2 cm³/mol. The molecule has 1 aromatic carbocycles. The number of aromatic carboxylic acids is 1. The number of anilines is 1. The number of nitrogen functional groups attached to an aromatic ring is 1. The first kappa shape index (κ1) is 11.2. The Morgan fingerprint density at radius 1 is 1.64 bits per heavy atom. The zero-order chi connectivity index (χ0) is 10.7. The van der Waals surface area contributed by atoms with E-state index in [1.165, 1.54) is 17.8 Å². The fraction of sp³-hybridized carbons (Fsp3) is 0.222. The molecule has 0 aliphatic heterocycles. The van der Waals surface area contributed by atoms with E-state index in [1.807, 2.05) is 6.92 Å². The maximum Gasteiger partial charge on any atom is 0.336 e. The number of nitrogens with two attached hydrogens (primary N) is 1. The molecule has 14 heavy (non-hydrogen) atoms. The highest BCUT2D eigenvalue weighted by Crippen LogP contribution is 2.32. The smallest absolute Gasteiger partial charge is 0.336 e. The van der Waals surface area contributed by atoms with Crippen molar-refractivity contribution in [2.75, 3.05) is 11.5 Å². The van der Waals surface area contributed by atoms with E-state index in [9.17, 15) is 4.79 Å². The SMILES string of the molecule is CCSc1c(Cl)cc(N)cc1C(=O)O. The summed E-state index contributed by atoms with van der Waals surface area (Å²) in [5.41, 5.74) is 6.04. The molecule has 1 rings (SSSR count). The molecule has 76 valence electrons. The molecule has 5 heteroatoms. The van der Waals surface area contributed by atoms with Crippen molar-refractivity contribution in [1.82, 2.24) is 0 Å². The van der Waals surface area contributed by atoms with E-state index in [0.717, 1.165) is 5.75 Å². The molecule has 0 aliphatic carbocycles. The second-order valence-electron chi connectivity index (χ2n) is 2.62. The van der Waals surface area contributed by atoms with Crippen LogP contribution in [-0.4, -0.2) is 16.8 Å². The lowest BCUT2D eigenvalue weighted by Crippen LogP contribution is -2.01. The van der Waals surface area contributed by atoms with E-state index in [0.29, 0.717) is 15.6 Å². The van der Waals surface area contributed by atoms with Crippen LogP contribution in [0.15, 0.2) is 17.0 Å². The van der Waals surface area contributed by atoms with Gasteiger partial charge < -0.3 is 10.8 Å². The normalized spacial score (nSPS) is 10.1. The van der Waals surface area contributed by atoms with E-state index in [1.54, 1.807) is 6.07 Å². The predicted octanol–water partition coefficient (Wildman–Crippen LogP) is 2.73. The molecule has 0 aromatic heterocycles. The van der Waals surface area contributed by atoms with Crippen LogP contribution in [0.25, 0.3) is 0 Å². The lowest BCUT2D eigenvalue weighted by atomic mass is 10.2. The number of benzene rings is 1. The van der Waals surface area contributed by atoms with Crippen molar-refractivity contribution >= 4 is 35.0 Å². The zero-order valence-electron chi connectivity index (χ0n) is 7.58. The molecule has 3 N–H and O–H groups in total. The minimum absolute atomic E-state index is 0.168. The Labute approximate surface area is 91.2 Å². The molecule has 0 fully saturated rings. The molecule has 0 amide bonds. The fourth-order valence-corrected chi connectivity index (χ4v) is 2.24. The summed E-state index contributed by atoms with van der Waals surface area (Å²) in [4.78, 5) is 11.5. The molecule has 0 bridgehead atoms. The first-order chi connectivity index (χ1) is 6.56. The maximum absolute atomic E-state index is 10.9. The number of halogens is 1. The van der Waals surface area contributed by atoms with Crippen LogP contribution < -0.4 is 5.73 Å². The van der Waals surface area contributed by atoms with Crippen LogP contribution in [-0.2, 0) is 0 Å². The molecule has 0 spiro atoms. The zero-order valence-corrected chi connectivity index (χ0v) is 9.15. The Morgan fingerprint density at radius 3 is 2.79 bits per heavy atom. The van der Waals surface area contributed by atoms with Crippen molar-refractivity contribution in [2.45, 2.75) is 11.8 Å². The number of hydrogen-bond donors (Lipinski definition) is 2. The fourth-order valence-electron chi connectivity index (χ4n) is 1.06. The summed E-state index contributed by atoms with van der Waals surface area (Å²) in [7, 11) is 0. The lowest BCUT2D eigenvalue weighted by molar-refractivity contribution is 0.0693. The van der Waals surface area contributed by atoms with Crippen LogP contribution in [0.4, 0.5) is 5.69 Å². The molecule has 0 saturated carbocycles. The van der Waals surface area contributed by atoms with Crippen LogP contribution in [0.2, 0.25) is 5.02 Å². The van der Waals surface area contributed by atoms with E-state index in [-0.39, 0.29) is 5.56 Å². The summed E-state index contributed by atoms with van der Waals surface area (Å²) in [5.74, 6) is -0.237. The van der Waals surface area contributed by atoms with Crippen molar-refractivity contribution in [1.29, 1.82) is 0 Å². The average molecular weight is 232 g/mol. The molecular formula is C9H10ClNO2S. The van der Waals surface area contributed by atoms with Crippen molar-refractivity contribution in [3.8, 4) is 0 Å². The van der Waals surface area contributed by atoms with Gasteiger partial charge in [-0.2, -0.15) is 0 Å². The summed E-state index contributed by atoms with van der Waals surface area (Å²) in [6.07, 6.45) is 0. The van der Waals surface area contributed by atoms with E-state index in [2.05, 4.69) is 0 Å². The molecule has 0 unspecified atom stereocenters. The molecule has 3 nitrogen and oxygen atoms in total. The van der Waals surface area contributed by atoms with Gasteiger partial charge in [0, 0.05) is 10.6 Å². The summed E-state index contributed by atoms with van der Waals surface area (Å²) in [6, 6.07) is 2.98. The topological polar surface area (TPSA) is 63.3 Å². The Bertz CT molecular complexity index is 368. The van der Waals surface area contributed by atoms with Crippen LogP contribution in [0.5, 0.6) is 0 Å². The summed E-state index contributed by atoms with van der Waals surface area (Å²) in [6.45, 7) is 1.93. The number of hydrogen-bond acceptors (Lipinski definition) is 3. The van der Waals surface area contributed by atoms with E-state index < -0.39 is 5.97 Å². The maximum atomic E-state index is 10.9. The highest BCUT2D eigenvalue weighted by Gasteiger charge is 2.14. The van der Waals surface area contributed by atoms with Gasteiger partial charge in [-0.15, -0.1) is 11.8 Å². The van der Waals surface area contributed by atoms with Gasteiger partial charge in [0.05, 0.1) is 10.6 Å². The van der Waals surface area contributed by atoms with Crippen LogP contribution in [0, 0.1) is 0 Å². The van der Waals surface area contributed by atoms with Crippen molar-refractivity contribution < 1.29 is 9.90 Å². The van der Waals surface area contributed by atoms with Gasteiger partial charge in [0.2, 0.25) is 0 Å². The first-order valence-corrected chi connectivity index (χ1v) is 5.37. The van der Waals surface area contributed by atoms with Gasteiger partial charge in [-0.3, -0.25) is 0 Å². The van der Waals surface area contributed by atoms with E-state index in [4.69, 9.17) is 22.4 Å². The number of thioether (sulfide) groups is 1. The molecular weight excluding hydrogens is 222 g/mol. The first-order valence-electron chi connectivity index (χ1n) is 4.01. The average Bonchev–Trinajstić information content (AvgIpc) is 2.09. The number of carboxylic acids is 1. The van der Waals surface area contributed by atoms with Crippen LogP contribution in [0.1, 0.15) is 17.3 Å². The third-order valence-corrected chi connectivity index (χ3v) is 3.01. The molecule has 0 heterocycles. The van der Waals surface area contributed by atoms with Gasteiger partial charge >= 0.3 is 5.97 Å². The van der Waals surface area contributed by atoms with Gasteiger partial charge in [0.25, 0.3) is 0 Å². The second kappa shape index (κ2) is 4.57. The standard InChI is InChI=1S/C9H10ClNO2S/c1-2-14-8-6(9(12)13)3-5(11)4-7(8)10/h3-4H,2,11H2,1H3,(H,12,13). The Hall–Kier alpha value is -0.870.